The van der Waals surface area contributed by atoms with Crippen LogP contribution >= 0.6 is 23.2 Å². The molecule has 0 unspecified atom stereocenters. The number of fused-ring (bicyclic) bond motifs is 1. The Morgan fingerprint density at radius 2 is 1.76 bits per heavy atom. The molecule has 0 bridgehead atoms. The van der Waals surface area contributed by atoms with Gasteiger partial charge in [-0.05, 0) is 23.3 Å². The average Bonchev–Trinajstić information content (AvgIpc) is 2.75. The summed E-state index contributed by atoms with van der Waals surface area (Å²) in [7, 11) is 0. The third-order valence-corrected chi connectivity index (χ3v) is 4.31. The molecule has 3 rings (SSSR count). The van der Waals surface area contributed by atoms with Crippen molar-refractivity contribution in [3.05, 3.63) is 69.2 Å². The van der Waals surface area contributed by atoms with Crippen LogP contribution in [0.25, 0.3) is 0 Å². The molecule has 0 saturated carbocycles. The zero-order chi connectivity index (χ0) is 15.0. The summed E-state index contributed by atoms with van der Waals surface area (Å²) in [6, 6.07) is 12.1. The quantitative estimate of drug-likeness (QED) is 0.890. The highest BCUT2D eigenvalue weighted by Crippen LogP contribution is 2.32. The highest BCUT2D eigenvalue weighted by molar-refractivity contribution is 6.39. The van der Waals surface area contributed by atoms with Crippen LogP contribution in [-0.2, 0) is 6.42 Å². The van der Waals surface area contributed by atoms with Crippen molar-refractivity contribution in [2.45, 2.75) is 18.6 Å². The summed E-state index contributed by atoms with van der Waals surface area (Å²) < 4.78 is 0. The first-order valence-electron chi connectivity index (χ1n) is 6.58. The number of amides is 1. The largest absolute Gasteiger partial charge is 0.390 e. The SMILES string of the molecule is O=C(N[C@@H]1c2ccccc2C[C@@H]1O)c1c(Cl)cccc1Cl. The fourth-order valence-corrected chi connectivity index (χ4v) is 3.25. The van der Waals surface area contributed by atoms with Gasteiger partial charge in [0.25, 0.3) is 5.91 Å². The number of carbonyl (C=O) groups is 1. The molecule has 3 nitrogen and oxygen atoms in total. The van der Waals surface area contributed by atoms with Gasteiger partial charge in [-0.2, -0.15) is 0 Å². The van der Waals surface area contributed by atoms with Crippen molar-refractivity contribution in [1.82, 2.24) is 5.32 Å². The first-order chi connectivity index (χ1) is 10.1. The van der Waals surface area contributed by atoms with Crippen LogP contribution < -0.4 is 5.32 Å². The van der Waals surface area contributed by atoms with Crippen molar-refractivity contribution in [2.75, 3.05) is 0 Å². The minimum absolute atomic E-state index is 0.234. The van der Waals surface area contributed by atoms with Gasteiger partial charge in [-0.3, -0.25) is 4.79 Å². The topological polar surface area (TPSA) is 49.3 Å². The van der Waals surface area contributed by atoms with Gasteiger partial charge in [0, 0.05) is 6.42 Å². The first kappa shape index (κ1) is 14.4. The lowest BCUT2D eigenvalue weighted by Gasteiger charge is -2.18. The molecular formula is C16H13Cl2NO2. The molecule has 108 valence electrons. The number of aliphatic hydroxyl groups is 1. The van der Waals surface area contributed by atoms with Crippen molar-refractivity contribution in [1.29, 1.82) is 0 Å². The average molecular weight is 322 g/mol. The molecule has 0 heterocycles. The highest BCUT2D eigenvalue weighted by Gasteiger charge is 2.32. The maximum absolute atomic E-state index is 12.4. The van der Waals surface area contributed by atoms with Crippen LogP contribution in [0.1, 0.15) is 27.5 Å². The van der Waals surface area contributed by atoms with E-state index in [0.717, 1.165) is 11.1 Å². The molecule has 0 aromatic heterocycles. The fraction of sp³-hybridized carbons (Fsp3) is 0.188. The number of aliphatic hydroxyl groups excluding tert-OH is 1. The van der Waals surface area contributed by atoms with Crippen molar-refractivity contribution in [3.8, 4) is 0 Å². The number of hydrogen-bond acceptors (Lipinski definition) is 2. The Morgan fingerprint density at radius 1 is 1.10 bits per heavy atom. The molecule has 1 aliphatic carbocycles. The summed E-state index contributed by atoms with van der Waals surface area (Å²) >= 11 is 12.1. The van der Waals surface area contributed by atoms with Gasteiger partial charge in [-0.1, -0.05) is 53.5 Å². The third-order valence-electron chi connectivity index (χ3n) is 3.68. The summed E-state index contributed by atoms with van der Waals surface area (Å²) in [5, 5.41) is 13.6. The standard InChI is InChI=1S/C16H13Cl2NO2/c17-11-6-3-7-12(18)14(11)16(21)19-15-10-5-2-1-4-9(10)8-13(15)20/h1-7,13,15,20H,8H2,(H,19,21)/t13-,15+/m0/s1. The van der Waals surface area contributed by atoms with Gasteiger partial charge in [-0.25, -0.2) is 0 Å². The van der Waals surface area contributed by atoms with Gasteiger partial charge in [0.05, 0.1) is 27.8 Å². The molecule has 2 aromatic carbocycles. The lowest BCUT2D eigenvalue weighted by atomic mass is 10.1. The van der Waals surface area contributed by atoms with Crippen LogP contribution in [0.4, 0.5) is 0 Å². The zero-order valence-electron chi connectivity index (χ0n) is 11.0. The van der Waals surface area contributed by atoms with Crippen molar-refractivity contribution in [3.63, 3.8) is 0 Å². The third kappa shape index (κ3) is 2.64. The number of carbonyl (C=O) groups excluding carboxylic acids is 1. The summed E-state index contributed by atoms with van der Waals surface area (Å²) in [5.41, 5.74) is 2.21. The summed E-state index contributed by atoms with van der Waals surface area (Å²) in [4.78, 5) is 12.4. The number of nitrogens with one attached hydrogen (secondary N) is 1. The molecule has 0 spiro atoms. The maximum Gasteiger partial charge on any atom is 0.254 e. The monoisotopic (exact) mass is 321 g/mol. The minimum Gasteiger partial charge on any atom is -0.390 e. The fourth-order valence-electron chi connectivity index (χ4n) is 2.68. The number of rotatable bonds is 2. The van der Waals surface area contributed by atoms with E-state index in [0.29, 0.717) is 16.5 Å². The van der Waals surface area contributed by atoms with Crippen LogP contribution in [0, 0.1) is 0 Å². The number of halogens is 2. The van der Waals surface area contributed by atoms with Gasteiger partial charge >= 0.3 is 0 Å². The van der Waals surface area contributed by atoms with E-state index >= 15 is 0 Å². The molecule has 0 saturated heterocycles. The van der Waals surface area contributed by atoms with Gasteiger partial charge in [0.1, 0.15) is 0 Å². The molecule has 5 heteroatoms. The van der Waals surface area contributed by atoms with Crippen LogP contribution in [0.15, 0.2) is 42.5 Å². The van der Waals surface area contributed by atoms with E-state index in [-0.39, 0.29) is 11.5 Å². The molecule has 0 fully saturated rings. The van der Waals surface area contributed by atoms with Gasteiger partial charge < -0.3 is 10.4 Å². The molecule has 2 aromatic rings. The normalized spacial score (nSPS) is 20.1. The van der Waals surface area contributed by atoms with E-state index in [1.807, 2.05) is 24.3 Å². The molecule has 21 heavy (non-hydrogen) atoms. The Balaban J connectivity index is 1.89. The van der Waals surface area contributed by atoms with Crippen LogP contribution in [0.2, 0.25) is 10.0 Å². The maximum atomic E-state index is 12.4. The molecule has 1 amide bonds. The molecule has 2 N–H and O–H groups in total. The van der Waals surface area contributed by atoms with E-state index in [2.05, 4.69) is 5.32 Å². The smallest absolute Gasteiger partial charge is 0.254 e. The Morgan fingerprint density at radius 3 is 2.48 bits per heavy atom. The molecule has 2 atom stereocenters. The Labute approximate surface area is 132 Å². The summed E-state index contributed by atoms with van der Waals surface area (Å²) in [6.45, 7) is 0. The molecular weight excluding hydrogens is 309 g/mol. The van der Waals surface area contributed by atoms with E-state index < -0.39 is 12.1 Å². The first-order valence-corrected chi connectivity index (χ1v) is 7.34. The van der Waals surface area contributed by atoms with Gasteiger partial charge in [0.2, 0.25) is 0 Å². The van der Waals surface area contributed by atoms with Crippen molar-refractivity contribution in [2.24, 2.45) is 0 Å². The second-order valence-electron chi connectivity index (χ2n) is 5.02. The summed E-state index contributed by atoms with van der Waals surface area (Å²) in [5.74, 6) is -0.383. The van der Waals surface area contributed by atoms with Crippen LogP contribution in [0.5, 0.6) is 0 Å². The van der Waals surface area contributed by atoms with E-state index in [1.165, 1.54) is 0 Å². The highest BCUT2D eigenvalue weighted by atomic mass is 35.5. The van der Waals surface area contributed by atoms with E-state index in [1.54, 1.807) is 18.2 Å². The Bertz CT molecular complexity index is 682. The summed E-state index contributed by atoms with van der Waals surface area (Å²) in [6.07, 6.45) is -0.121. The molecule has 0 radical (unpaired) electrons. The number of benzene rings is 2. The second-order valence-corrected chi connectivity index (χ2v) is 5.83. The molecule has 0 aliphatic heterocycles. The predicted octanol–water partition coefficient (Wildman–Crippen LogP) is 3.38. The predicted molar refractivity (Wildman–Crippen MR) is 82.8 cm³/mol. The lowest BCUT2D eigenvalue weighted by Crippen LogP contribution is -2.34. The minimum atomic E-state index is -0.646. The Kier molecular flexibility index (Phi) is 3.89. The van der Waals surface area contributed by atoms with Gasteiger partial charge in [-0.15, -0.1) is 0 Å². The van der Waals surface area contributed by atoms with Crippen LogP contribution in [0.3, 0.4) is 0 Å². The zero-order valence-corrected chi connectivity index (χ0v) is 12.5. The van der Waals surface area contributed by atoms with Crippen molar-refractivity contribution < 1.29 is 9.90 Å². The van der Waals surface area contributed by atoms with Gasteiger partial charge in [0.15, 0.2) is 0 Å². The number of hydrogen-bond donors (Lipinski definition) is 2. The lowest BCUT2D eigenvalue weighted by molar-refractivity contribution is 0.0858. The molecule has 1 aliphatic rings. The second kappa shape index (κ2) is 5.68. The van der Waals surface area contributed by atoms with Crippen LogP contribution in [-0.4, -0.2) is 17.1 Å². The van der Waals surface area contributed by atoms with E-state index in [4.69, 9.17) is 23.2 Å². The Hall–Kier alpha value is -1.55. The van der Waals surface area contributed by atoms with Crippen molar-refractivity contribution >= 4 is 29.1 Å². The van der Waals surface area contributed by atoms with E-state index in [9.17, 15) is 9.90 Å².